The standard InChI is InChI=1S/C16H21NO2/c1-11-2-7-14(16(18)19)15(8-11)17(9-12-3-4-12)10-13-5-6-13/h2,7-8,12-13H,3-6,9-10H2,1H3,(H,18,19). The number of carboxylic acid groups (broad SMARTS) is 1. The van der Waals surface area contributed by atoms with Crippen molar-refractivity contribution < 1.29 is 9.90 Å². The third kappa shape index (κ3) is 3.09. The molecule has 0 radical (unpaired) electrons. The van der Waals surface area contributed by atoms with Gasteiger partial charge in [-0.3, -0.25) is 0 Å². The summed E-state index contributed by atoms with van der Waals surface area (Å²) in [6, 6.07) is 5.67. The van der Waals surface area contributed by atoms with Crippen LogP contribution in [0.15, 0.2) is 18.2 Å². The molecule has 0 aliphatic heterocycles. The van der Waals surface area contributed by atoms with Crippen LogP contribution in [0.5, 0.6) is 0 Å². The minimum Gasteiger partial charge on any atom is -0.478 e. The molecule has 1 N–H and O–H groups in total. The first-order valence-corrected chi connectivity index (χ1v) is 7.22. The summed E-state index contributed by atoms with van der Waals surface area (Å²) in [6.45, 7) is 4.09. The highest BCUT2D eigenvalue weighted by Crippen LogP contribution is 2.36. The van der Waals surface area contributed by atoms with Gasteiger partial charge >= 0.3 is 5.97 Å². The molecule has 3 heteroatoms. The maximum absolute atomic E-state index is 11.4. The second kappa shape index (κ2) is 4.87. The Hall–Kier alpha value is -1.51. The SMILES string of the molecule is Cc1ccc(C(=O)O)c(N(CC2CC2)CC2CC2)c1. The van der Waals surface area contributed by atoms with E-state index in [1.165, 1.54) is 25.7 Å². The molecule has 3 rings (SSSR count). The fourth-order valence-corrected chi connectivity index (χ4v) is 2.58. The van der Waals surface area contributed by atoms with Gasteiger partial charge in [-0.15, -0.1) is 0 Å². The largest absolute Gasteiger partial charge is 0.478 e. The lowest BCUT2D eigenvalue weighted by molar-refractivity contribution is 0.0697. The average molecular weight is 259 g/mol. The van der Waals surface area contributed by atoms with Crippen LogP contribution in [0.25, 0.3) is 0 Å². The van der Waals surface area contributed by atoms with E-state index in [1.807, 2.05) is 19.1 Å². The van der Waals surface area contributed by atoms with E-state index in [0.717, 1.165) is 36.2 Å². The second-order valence-corrected chi connectivity index (χ2v) is 6.12. The van der Waals surface area contributed by atoms with Gasteiger partial charge in [0.2, 0.25) is 0 Å². The van der Waals surface area contributed by atoms with E-state index >= 15 is 0 Å². The van der Waals surface area contributed by atoms with Gasteiger partial charge in [-0.25, -0.2) is 4.79 Å². The highest BCUT2D eigenvalue weighted by molar-refractivity contribution is 5.94. The van der Waals surface area contributed by atoms with Gasteiger partial charge in [-0.05, 0) is 62.1 Å². The number of hydrogen-bond donors (Lipinski definition) is 1. The number of nitrogens with zero attached hydrogens (tertiary/aromatic N) is 1. The first-order chi connectivity index (χ1) is 9.13. The summed E-state index contributed by atoms with van der Waals surface area (Å²) in [5.74, 6) is 0.744. The number of benzene rings is 1. The van der Waals surface area contributed by atoms with Crippen LogP contribution in [-0.4, -0.2) is 24.2 Å². The third-order valence-electron chi connectivity index (χ3n) is 4.08. The molecule has 2 fully saturated rings. The van der Waals surface area contributed by atoms with Gasteiger partial charge in [0.1, 0.15) is 0 Å². The molecule has 19 heavy (non-hydrogen) atoms. The van der Waals surface area contributed by atoms with Gasteiger partial charge in [-0.1, -0.05) is 6.07 Å². The first-order valence-electron chi connectivity index (χ1n) is 7.22. The lowest BCUT2D eigenvalue weighted by Gasteiger charge is -2.26. The van der Waals surface area contributed by atoms with Crippen molar-refractivity contribution in [1.82, 2.24) is 0 Å². The van der Waals surface area contributed by atoms with Gasteiger partial charge < -0.3 is 10.0 Å². The zero-order valence-corrected chi connectivity index (χ0v) is 11.4. The van der Waals surface area contributed by atoms with Crippen molar-refractivity contribution in [2.75, 3.05) is 18.0 Å². The van der Waals surface area contributed by atoms with Crippen LogP contribution in [0.2, 0.25) is 0 Å². The molecule has 0 bridgehead atoms. The summed E-state index contributed by atoms with van der Waals surface area (Å²) < 4.78 is 0. The summed E-state index contributed by atoms with van der Waals surface area (Å²) in [5.41, 5.74) is 2.51. The number of anilines is 1. The van der Waals surface area contributed by atoms with Crippen LogP contribution in [-0.2, 0) is 0 Å². The van der Waals surface area contributed by atoms with Crippen molar-refractivity contribution >= 4 is 11.7 Å². The molecule has 1 aromatic carbocycles. The molecule has 0 atom stereocenters. The molecule has 0 unspecified atom stereocenters. The Morgan fingerprint density at radius 1 is 1.21 bits per heavy atom. The molecule has 3 nitrogen and oxygen atoms in total. The normalized spacial score (nSPS) is 18.4. The second-order valence-electron chi connectivity index (χ2n) is 6.12. The molecule has 2 saturated carbocycles. The van der Waals surface area contributed by atoms with Crippen molar-refractivity contribution in [1.29, 1.82) is 0 Å². The number of hydrogen-bond acceptors (Lipinski definition) is 2. The average Bonchev–Trinajstić information content (AvgIpc) is 3.22. The van der Waals surface area contributed by atoms with Crippen molar-refractivity contribution in [3.8, 4) is 0 Å². The summed E-state index contributed by atoms with van der Waals surface area (Å²) in [4.78, 5) is 13.7. The molecule has 0 spiro atoms. The maximum atomic E-state index is 11.4. The topological polar surface area (TPSA) is 40.5 Å². The minimum atomic E-state index is -0.813. The third-order valence-corrected chi connectivity index (χ3v) is 4.08. The van der Waals surface area contributed by atoms with E-state index in [2.05, 4.69) is 4.90 Å². The van der Waals surface area contributed by atoms with E-state index in [0.29, 0.717) is 5.56 Å². The number of carbonyl (C=O) groups is 1. The number of carboxylic acids is 1. The van der Waals surface area contributed by atoms with Crippen molar-refractivity contribution in [3.05, 3.63) is 29.3 Å². The Bertz CT molecular complexity index is 476. The lowest BCUT2D eigenvalue weighted by Crippen LogP contribution is -2.29. The summed E-state index contributed by atoms with van der Waals surface area (Å²) in [5, 5.41) is 9.38. The monoisotopic (exact) mass is 259 g/mol. The number of aromatic carboxylic acids is 1. The van der Waals surface area contributed by atoms with Crippen LogP contribution in [0, 0.1) is 18.8 Å². The molecule has 102 valence electrons. The Labute approximate surface area is 114 Å². The predicted octanol–water partition coefficient (Wildman–Crippen LogP) is 3.32. The van der Waals surface area contributed by atoms with Crippen molar-refractivity contribution in [3.63, 3.8) is 0 Å². The fourth-order valence-electron chi connectivity index (χ4n) is 2.58. The number of aryl methyl sites for hydroxylation is 1. The van der Waals surface area contributed by atoms with E-state index in [1.54, 1.807) is 6.07 Å². The molecular weight excluding hydrogens is 238 g/mol. The fraction of sp³-hybridized carbons (Fsp3) is 0.562. The van der Waals surface area contributed by atoms with Gasteiger partial charge in [-0.2, -0.15) is 0 Å². The molecule has 0 heterocycles. The van der Waals surface area contributed by atoms with Crippen LogP contribution < -0.4 is 4.90 Å². The predicted molar refractivity (Wildman–Crippen MR) is 75.8 cm³/mol. The van der Waals surface area contributed by atoms with E-state index in [9.17, 15) is 9.90 Å². The van der Waals surface area contributed by atoms with Crippen LogP contribution in [0.3, 0.4) is 0 Å². The molecule has 0 saturated heterocycles. The highest BCUT2D eigenvalue weighted by atomic mass is 16.4. The van der Waals surface area contributed by atoms with Gasteiger partial charge in [0.05, 0.1) is 11.3 Å². The summed E-state index contributed by atoms with van der Waals surface area (Å²) in [6.07, 6.45) is 5.20. The molecule has 1 aromatic rings. The molecule has 0 amide bonds. The van der Waals surface area contributed by atoms with Crippen LogP contribution in [0.1, 0.15) is 41.6 Å². The summed E-state index contributed by atoms with van der Waals surface area (Å²) in [7, 11) is 0. The van der Waals surface area contributed by atoms with E-state index < -0.39 is 5.97 Å². The maximum Gasteiger partial charge on any atom is 0.337 e. The number of rotatable bonds is 6. The quantitative estimate of drug-likeness (QED) is 0.852. The van der Waals surface area contributed by atoms with Crippen LogP contribution >= 0.6 is 0 Å². The van der Waals surface area contributed by atoms with Crippen molar-refractivity contribution in [2.45, 2.75) is 32.6 Å². The van der Waals surface area contributed by atoms with Gasteiger partial charge in [0.25, 0.3) is 0 Å². The Balaban J connectivity index is 1.89. The highest BCUT2D eigenvalue weighted by Gasteiger charge is 2.30. The van der Waals surface area contributed by atoms with E-state index in [4.69, 9.17) is 0 Å². The Morgan fingerprint density at radius 2 is 1.79 bits per heavy atom. The summed E-state index contributed by atoms with van der Waals surface area (Å²) >= 11 is 0. The Kier molecular flexibility index (Phi) is 3.21. The van der Waals surface area contributed by atoms with E-state index in [-0.39, 0.29) is 0 Å². The molecule has 2 aliphatic carbocycles. The molecule has 2 aliphatic rings. The zero-order chi connectivity index (χ0) is 13.4. The smallest absolute Gasteiger partial charge is 0.337 e. The Morgan fingerprint density at radius 3 is 2.26 bits per heavy atom. The zero-order valence-electron chi connectivity index (χ0n) is 11.4. The van der Waals surface area contributed by atoms with Gasteiger partial charge in [0.15, 0.2) is 0 Å². The molecule has 0 aromatic heterocycles. The minimum absolute atomic E-state index is 0.451. The van der Waals surface area contributed by atoms with Crippen LogP contribution in [0.4, 0.5) is 5.69 Å². The first kappa shape index (κ1) is 12.5. The molecular formula is C16H21NO2. The van der Waals surface area contributed by atoms with Crippen molar-refractivity contribution in [2.24, 2.45) is 11.8 Å². The van der Waals surface area contributed by atoms with Gasteiger partial charge in [0, 0.05) is 13.1 Å². The lowest BCUT2D eigenvalue weighted by atomic mass is 10.1.